The zero-order chi connectivity index (χ0) is 11.1. The highest BCUT2D eigenvalue weighted by Gasteiger charge is 2.31. The Kier molecular flexibility index (Phi) is 2.36. The van der Waals surface area contributed by atoms with Crippen molar-refractivity contribution in [1.29, 1.82) is 0 Å². The van der Waals surface area contributed by atoms with Gasteiger partial charge >= 0.3 is 0 Å². The molecule has 86 valence electrons. The van der Waals surface area contributed by atoms with Crippen LogP contribution in [-0.2, 0) is 0 Å². The minimum Gasteiger partial charge on any atom is -0.490 e. The maximum absolute atomic E-state index is 13.2. The molecule has 1 fully saturated rings. The third kappa shape index (κ3) is 1.92. The van der Waals surface area contributed by atoms with Crippen molar-refractivity contribution in [3.63, 3.8) is 0 Å². The molecule has 2 nitrogen and oxygen atoms in total. The lowest BCUT2D eigenvalue weighted by molar-refractivity contribution is 0.165. The molecule has 1 N–H and O–H groups in total. The molecule has 3 rings (SSSR count). The van der Waals surface area contributed by atoms with Crippen LogP contribution >= 0.6 is 0 Å². The van der Waals surface area contributed by atoms with E-state index in [1.165, 1.54) is 18.9 Å². The lowest BCUT2D eigenvalue weighted by atomic mass is 9.97. The second-order valence-corrected chi connectivity index (χ2v) is 4.84. The molecule has 3 heteroatoms. The third-order valence-electron chi connectivity index (χ3n) is 3.26. The van der Waals surface area contributed by atoms with Crippen molar-refractivity contribution in [2.45, 2.75) is 44.4 Å². The summed E-state index contributed by atoms with van der Waals surface area (Å²) in [6.07, 6.45) is 3.62. The molecule has 16 heavy (non-hydrogen) atoms. The minimum absolute atomic E-state index is 0.181. The summed E-state index contributed by atoms with van der Waals surface area (Å²) < 4.78 is 18.9. The Morgan fingerprint density at radius 2 is 2.19 bits per heavy atom. The van der Waals surface area contributed by atoms with Crippen LogP contribution in [0.2, 0.25) is 0 Å². The SMILES string of the molecule is CC1CC(NC2CC2)c2cc(F)ccc2O1. The van der Waals surface area contributed by atoms with Crippen LogP contribution in [0.25, 0.3) is 0 Å². The van der Waals surface area contributed by atoms with Crippen LogP contribution in [0.4, 0.5) is 4.39 Å². The standard InChI is InChI=1S/C13H16FNO/c1-8-6-12(15-10-3-4-10)11-7-9(14)2-5-13(11)16-8/h2,5,7-8,10,12,15H,3-4,6H2,1H3. The van der Waals surface area contributed by atoms with E-state index in [0.717, 1.165) is 17.7 Å². The van der Waals surface area contributed by atoms with Gasteiger partial charge in [0, 0.05) is 24.1 Å². The van der Waals surface area contributed by atoms with Crippen LogP contribution in [0.1, 0.15) is 37.8 Å². The van der Waals surface area contributed by atoms with Crippen LogP contribution < -0.4 is 10.1 Å². The van der Waals surface area contributed by atoms with E-state index >= 15 is 0 Å². The van der Waals surface area contributed by atoms with E-state index in [2.05, 4.69) is 12.2 Å². The van der Waals surface area contributed by atoms with E-state index in [1.54, 1.807) is 12.1 Å². The second kappa shape index (κ2) is 3.74. The molecule has 1 aromatic carbocycles. The van der Waals surface area contributed by atoms with Crippen molar-refractivity contribution in [1.82, 2.24) is 5.32 Å². The molecule has 2 atom stereocenters. The highest BCUT2D eigenvalue weighted by atomic mass is 19.1. The van der Waals surface area contributed by atoms with Crippen LogP contribution in [0.15, 0.2) is 18.2 Å². The summed E-state index contributed by atoms with van der Waals surface area (Å²) in [4.78, 5) is 0. The highest BCUT2D eigenvalue weighted by molar-refractivity contribution is 5.38. The van der Waals surface area contributed by atoms with Crippen molar-refractivity contribution >= 4 is 0 Å². The van der Waals surface area contributed by atoms with Gasteiger partial charge in [0.1, 0.15) is 11.6 Å². The molecule has 2 unspecified atom stereocenters. The first-order valence-corrected chi connectivity index (χ1v) is 5.94. The number of rotatable bonds is 2. The number of ether oxygens (including phenoxy) is 1. The molecule has 0 radical (unpaired) electrons. The van der Waals surface area contributed by atoms with Crippen LogP contribution in [0.3, 0.4) is 0 Å². The van der Waals surface area contributed by atoms with Gasteiger partial charge in [-0.3, -0.25) is 0 Å². The van der Waals surface area contributed by atoms with Crippen molar-refractivity contribution in [3.8, 4) is 5.75 Å². The van der Waals surface area contributed by atoms with Gasteiger partial charge in [-0.05, 0) is 38.0 Å². The Morgan fingerprint density at radius 3 is 2.94 bits per heavy atom. The first kappa shape index (κ1) is 10.1. The van der Waals surface area contributed by atoms with Gasteiger partial charge in [-0.15, -0.1) is 0 Å². The molecule has 1 aliphatic heterocycles. The molecule has 1 heterocycles. The first-order valence-electron chi connectivity index (χ1n) is 5.94. The lowest BCUT2D eigenvalue weighted by Crippen LogP contribution is -2.32. The number of hydrogen-bond acceptors (Lipinski definition) is 2. The highest BCUT2D eigenvalue weighted by Crippen LogP contribution is 2.37. The zero-order valence-electron chi connectivity index (χ0n) is 9.37. The normalized spacial score (nSPS) is 28.4. The van der Waals surface area contributed by atoms with E-state index < -0.39 is 0 Å². The average molecular weight is 221 g/mol. The van der Waals surface area contributed by atoms with E-state index in [4.69, 9.17) is 4.74 Å². The molecule has 0 spiro atoms. The fraction of sp³-hybridized carbons (Fsp3) is 0.538. The second-order valence-electron chi connectivity index (χ2n) is 4.84. The van der Waals surface area contributed by atoms with Gasteiger partial charge in [0.2, 0.25) is 0 Å². The van der Waals surface area contributed by atoms with Crippen LogP contribution in [0, 0.1) is 5.82 Å². The average Bonchev–Trinajstić information content (AvgIpc) is 3.03. The Balaban J connectivity index is 1.91. The molecule has 0 aromatic heterocycles. The molecule has 0 amide bonds. The summed E-state index contributed by atoms with van der Waals surface area (Å²) >= 11 is 0. The smallest absolute Gasteiger partial charge is 0.124 e. The molecular formula is C13H16FNO. The summed E-state index contributed by atoms with van der Waals surface area (Å²) in [5, 5.41) is 3.56. The summed E-state index contributed by atoms with van der Waals surface area (Å²) in [7, 11) is 0. The van der Waals surface area contributed by atoms with E-state index in [0.29, 0.717) is 6.04 Å². The Bertz CT molecular complexity index is 403. The van der Waals surface area contributed by atoms with Crippen molar-refractivity contribution in [2.24, 2.45) is 0 Å². The molecule has 1 aliphatic carbocycles. The Labute approximate surface area is 94.8 Å². The summed E-state index contributed by atoms with van der Waals surface area (Å²) in [5.74, 6) is 0.651. The van der Waals surface area contributed by atoms with Crippen LogP contribution in [-0.4, -0.2) is 12.1 Å². The van der Waals surface area contributed by atoms with E-state index in [9.17, 15) is 4.39 Å². The molecule has 1 aromatic rings. The van der Waals surface area contributed by atoms with Gasteiger partial charge in [0.15, 0.2) is 0 Å². The quantitative estimate of drug-likeness (QED) is 0.829. The van der Waals surface area contributed by atoms with Gasteiger partial charge in [0.25, 0.3) is 0 Å². The van der Waals surface area contributed by atoms with Gasteiger partial charge in [-0.1, -0.05) is 0 Å². The van der Waals surface area contributed by atoms with Gasteiger partial charge in [-0.2, -0.15) is 0 Å². The zero-order valence-corrected chi connectivity index (χ0v) is 9.37. The fourth-order valence-corrected chi connectivity index (χ4v) is 2.32. The summed E-state index contributed by atoms with van der Waals surface area (Å²) in [6, 6.07) is 5.68. The topological polar surface area (TPSA) is 21.3 Å². The van der Waals surface area contributed by atoms with Crippen molar-refractivity contribution in [2.75, 3.05) is 0 Å². The largest absolute Gasteiger partial charge is 0.490 e. The number of hydrogen-bond donors (Lipinski definition) is 1. The molecule has 1 saturated carbocycles. The predicted molar refractivity (Wildman–Crippen MR) is 60.0 cm³/mol. The summed E-state index contributed by atoms with van der Waals surface area (Å²) in [5.41, 5.74) is 0.977. The molecular weight excluding hydrogens is 205 g/mol. The Hall–Kier alpha value is -1.09. The van der Waals surface area contributed by atoms with Gasteiger partial charge in [-0.25, -0.2) is 4.39 Å². The molecule has 0 saturated heterocycles. The summed E-state index contributed by atoms with van der Waals surface area (Å²) in [6.45, 7) is 2.06. The molecule has 2 aliphatic rings. The molecule has 0 bridgehead atoms. The minimum atomic E-state index is -0.181. The first-order chi connectivity index (χ1) is 7.72. The Morgan fingerprint density at radius 1 is 1.38 bits per heavy atom. The number of nitrogens with one attached hydrogen (secondary N) is 1. The number of halogens is 1. The third-order valence-corrected chi connectivity index (χ3v) is 3.26. The number of fused-ring (bicyclic) bond motifs is 1. The van der Waals surface area contributed by atoms with E-state index in [-0.39, 0.29) is 18.0 Å². The van der Waals surface area contributed by atoms with Crippen molar-refractivity contribution in [3.05, 3.63) is 29.6 Å². The van der Waals surface area contributed by atoms with Gasteiger partial charge < -0.3 is 10.1 Å². The van der Waals surface area contributed by atoms with Crippen molar-refractivity contribution < 1.29 is 9.13 Å². The van der Waals surface area contributed by atoms with Gasteiger partial charge in [0.05, 0.1) is 6.10 Å². The number of benzene rings is 1. The predicted octanol–water partition coefficient (Wildman–Crippen LogP) is 2.79. The van der Waals surface area contributed by atoms with Crippen LogP contribution in [0.5, 0.6) is 5.75 Å². The fourth-order valence-electron chi connectivity index (χ4n) is 2.32. The monoisotopic (exact) mass is 221 g/mol. The lowest BCUT2D eigenvalue weighted by Gasteiger charge is -2.31. The maximum atomic E-state index is 13.2. The van der Waals surface area contributed by atoms with E-state index in [1.807, 2.05) is 0 Å². The maximum Gasteiger partial charge on any atom is 0.124 e.